The second-order valence-electron chi connectivity index (χ2n) is 14.8. The topological polar surface area (TPSA) is 282 Å². The highest BCUT2D eigenvalue weighted by atomic mass is 16.8. The number of fused-ring (bicyclic) bond motifs is 4. The van der Waals surface area contributed by atoms with E-state index in [2.05, 4.69) is 10.6 Å². The van der Waals surface area contributed by atoms with Crippen LogP contribution in [0, 0.1) is 0 Å². The molecule has 2 aromatic rings. The van der Waals surface area contributed by atoms with Gasteiger partial charge in [-0.3, -0.25) is 24.0 Å². The summed E-state index contributed by atoms with van der Waals surface area (Å²) in [4.78, 5) is 99.6. The third-order valence-corrected chi connectivity index (χ3v) is 10.2. The number of aliphatic carboxylic acids is 1. The maximum atomic E-state index is 13.2. The van der Waals surface area contributed by atoms with Crippen LogP contribution in [0.1, 0.15) is 51.7 Å². The molecule has 11 atom stereocenters. The SMILES string of the molecule is CC(=O)N[C@H]1[C@@H](OC[C@H](NC(=O)OCC2c3ccccc3-c3ccccc32)C(=O)O)O[C@H](COC(C)=O)[C@H](OC(C)=O)[C@@H]1O[C@@H]1O[C@H](COC(C)=O)[C@@H]2OC(=O)O[C@@H]2[C@H]1OC(C)=O. The number of nitrogens with one attached hydrogen (secondary N) is 2. The lowest BCUT2D eigenvalue weighted by Gasteiger charge is -2.48. The summed E-state index contributed by atoms with van der Waals surface area (Å²) in [5, 5.41) is 15.0. The van der Waals surface area contributed by atoms with Gasteiger partial charge in [0.15, 0.2) is 43.0 Å². The normalized spacial score (nSPS) is 27.4. The van der Waals surface area contributed by atoms with Crippen LogP contribution in [0.5, 0.6) is 0 Å². The van der Waals surface area contributed by atoms with Crippen LogP contribution in [0.15, 0.2) is 48.5 Å². The van der Waals surface area contributed by atoms with Crippen LogP contribution in [0.25, 0.3) is 11.1 Å². The van der Waals surface area contributed by atoms with E-state index in [1.165, 1.54) is 0 Å². The van der Waals surface area contributed by atoms with E-state index < -0.39 is 135 Å². The number of carbonyl (C=O) groups excluding carboxylic acids is 7. The average Bonchev–Trinajstić information content (AvgIpc) is 3.76. The van der Waals surface area contributed by atoms with Crippen molar-refractivity contribution in [2.75, 3.05) is 26.4 Å². The molecule has 2 aromatic carbocycles. The van der Waals surface area contributed by atoms with Crippen LogP contribution >= 0.6 is 0 Å². The Morgan fingerprint density at radius 1 is 0.667 bits per heavy atom. The summed E-state index contributed by atoms with van der Waals surface area (Å²) in [5.41, 5.74) is 3.80. The Bertz CT molecular complexity index is 2030. The first kappa shape index (κ1) is 46.2. The van der Waals surface area contributed by atoms with Gasteiger partial charge in [-0.05, 0) is 22.3 Å². The van der Waals surface area contributed by atoms with E-state index in [-0.39, 0.29) is 12.5 Å². The van der Waals surface area contributed by atoms with Crippen LogP contribution in [0.3, 0.4) is 0 Å². The van der Waals surface area contributed by atoms with Crippen molar-refractivity contribution in [3.63, 3.8) is 0 Å². The van der Waals surface area contributed by atoms with Gasteiger partial charge < -0.3 is 67.8 Å². The number of esters is 4. The Labute approximate surface area is 358 Å². The number of amides is 2. The van der Waals surface area contributed by atoms with Gasteiger partial charge in [0.05, 0.1) is 6.61 Å². The molecule has 0 radical (unpaired) electrons. The molecule has 0 spiro atoms. The second kappa shape index (κ2) is 20.2. The van der Waals surface area contributed by atoms with Gasteiger partial charge in [-0.15, -0.1) is 0 Å². The van der Waals surface area contributed by atoms with Gasteiger partial charge in [0.1, 0.15) is 44.2 Å². The molecule has 3 saturated heterocycles. The van der Waals surface area contributed by atoms with Gasteiger partial charge in [0.25, 0.3) is 0 Å². The van der Waals surface area contributed by atoms with Gasteiger partial charge in [-0.1, -0.05) is 48.5 Å². The quantitative estimate of drug-likeness (QED) is 0.158. The van der Waals surface area contributed by atoms with E-state index in [1.54, 1.807) is 0 Å². The van der Waals surface area contributed by atoms with Crippen LogP contribution in [0.4, 0.5) is 9.59 Å². The van der Waals surface area contributed by atoms with Crippen LogP contribution in [0.2, 0.25) is 0 Å². The highest BCUT2D eigenvalue weighted by Gasteiger charge is 2.59. The fourth-order valence-corrected chi connectivity index (χ4v) is 7.73. The van der Waals surface area contributed by atoms with E-state index >= 15 is 0 Å². The lowest BCUT2D eigenvalue weighted by atomic mass is 9.95. The third kappa shape index (κ3) is 11.2. The van der Waals surface area contributed by atoms with Crippen molar-refractivity contribution in [3.05, 3.63) is 59.7 Å². The molecule has 0 aromatic heterocycles. The van der Waals surface area contributed by atoms with Crippen LogP contribution < -0.4 is 10.6 Å². The first-order chi connectivity index (χ1) is 30.0. The summed E-state index contributed by atoms with van der Waals surface area (Å²) in [7, 11) is 0. The molecule has 0 unspecified atom stereocenters. The summed E-state index contributed by atoms with van der Waals surface area (Å²) >= 11 is 0. The Balaban J connectivity index is 1.26. The van der Waals surface area contributed by atoms with Crippen molar-refractivity contribution in [3.8, 4) is 11.1 Å². The van der Waals surface area contributed by atoms with Crippen molar-refractivity contribution in [1.29, 1.82) is 0 Å². The highest BCUT2D eigenvalue weighted by molar-refractivity contribution is 5.81. The third-order valence-electron chi connectivity index (χ3n) is 10.2. The molecule has 3 fully saturated rings. The number of carboxylic acid groups (broad SMARTS) is 1. The second-order valence-corrected chi connectivity index (χ2v) is 14.8. The molecule has 3 aliphatic heterocycles. The lowest BCUT2D eigenvalue weighted by Crippen LogP contribution is -2.69. The first-order valence-corrected chi connectivity index (χ1v) is 19.7. The maximum Gasteiger partial charge on any atom is 0.509 e. The van der Waals surface area contributed by atoms with Gasteiger partial charge in [-0.2, -0.15) is 0 Å². The minimum atomic E-state index is -1.79. The molecular formula is C41H46N2O20. The summed E-state index contributed by atoms with van der Waals surface area (Å²) < 4.78 is 62.0. The zero-order valence-electron chi connectivity index (χ0n) is 34.6. The predicted octanol–water partition coefficient (Wildman–Crippen LogP) is 1.23. The maximum absolute atomic E-state index is 13.2. The minimum Gasteiger partial charge on any atom is -0.480 e. The van der Waals surface area contributed by atoms with E-state index in [4.69, 9.17) is 52.1 Å². The van der Waals surface area contributed by atoms with Crippen molar-refractivity contribution < 1.29 is 95.6 Å². The first-order valence-electron chi connectivity index (χ1n) is 19.7. The Morgan fingerprint density at radius 2 is 1.22 bits per heavy atom. The molecule has 0 bridgehead atoms. The van der Waals surface area contributed by atoms with Crippen molar-refractivity contribution in [2.24, 2.45) is 0 Å². The number of rotatable bonds is 16. The smallest absolute Gasteiger partial charge is 0.480 e. The molecule has 6 rings (SSSR count). The number of carbonyl (C=O) groups is 8. The van der Waals surface area contributed by atoms with Crippen LogP contribution in [-0.4, -0.2) is 147 Å². The zero-order valence-corrected chi connectivity index (χ0v) is 34.6. The Hall–Kier alpha value is -6.36. The number of carboxylic acids is 1. The number of alkyl carbamates (subject to hydrolysis) is 1. The zero-order chi connectivity index (χ0) is 45.5. The molecule has 63 heavy (non-hydrogen) atoms. The van der Waals surface area contributed by atoms with Crippen molar-refractivity contribution in [1.82, 2.24) is 10.6 Å². The largest absolute Gasteiger partial charge is 0.509 e. The van der Waals surface area contributed by atoms with Gasteiger partial charge in [0.2, 0.25) is 5.91 Å². The van der Waals surface area contributed by atoms with E-state index in [1.807, 2.05) is 48.5 Å². The molecule has 22 nitrogen and oxygen atoms in total. The van der Waals surface area contributed by atoms with Gasteiger partial charge in [-0.25, -0.2) is 14.4 Å². The van der Waals surface area contributed by atoms with Gasteiger partial charge >= 0.3 is 42.1 Å². The fourth-order valence-electron chi connectivity index (χ4n) is 7.73. The molecule has 22 heteroatoms. The number of ether oxygens (including phenoxy) is 11. The monoisotopic (exact) mass is 886 g/mol. The van der Waals surface area contributed by atoms with Crippen LogP contribution in [-0.2, 0) is 80.9 Å². The molecule has 3 N–H and O–H groups in total. The summed E-state index contributed by atoms with van der Waals surface area (Å²) in [6.07, 6.45) is -16.1. The average molecular weight is 887 g/mol. The molecule has 3 heterocycles. The predicted molar refractivity (Wildman–Crippen MR) is 205 cm³/mol. The number of hydrogen-bond acceptors (Lipinski definition) is 19. The minimum absolute atomic E-state index is 0.135. The highest BCUT2D eigenvalue weighted by Crippen LogP contribution is 2.44. The fraction of sp³-hybridized carbons (Fsp3) is 0.512. The Kier molecular flexibility index (Phi) is 14.8. The summed E-state index contributed by atoms with van der Waals surface area (Å²) in [6.45, 7) is 3.29. The van der Waals surface area contributed by atoms with Crippen molar-refractivity contribution in [2.45, 2.75) is 108 Å². The molecule has 4 aliphatic rings. The number of hydrogen-bond donors (Lipinski definition) is 3. The number of benzene rings is 2. The van der Waals surface area contributed by atoms with Gasteiger partial charge in [0, 0.05) is 40.5 Å². The Morgan fingerprint density at radius 3 is 1.79 bits per heavy atom. The summed E-state index contributed by atoms with van der Waals surface area (Å²) in [6, 6.07) is 11.9. The standard InChI is InChI=1S/C41H46N2O20/c1-18(44)42-31-34(61-39-36(58-22(5)48)35-33(62-41(52)63-35)30(60-39)17-54-20(3)46)32(57-21(4)47)29(16-53-19(2)45)59-38(31)55-15-28(37(49)50)43-40(51)56-14-27-25-12-8-6-10-23(25)24-11-7-9-13-26(24)27/h6-13,27-36,38-39H,14-17H2,1-5H3,(H,42,44)(H,43,51)(H,49,50)/t28-,29+,30+,31+,32-,33-,34+,35-,36+,38-,39-/m0/s1. The van der Waals surface area contributed by atoms with E-state index in [0.29, 0.717) is 0 Å². The molecule has 0 saturated carbocycles. The lowest BCUT2D eigenvalue weighted by molar-refractivity contribution is -0.338. The summed E-state index contributed by atoms with van der Waals surface area (Å²) in [5.74, 6) is -5.94. The molecule has 1 aliphatic carbocycles. The molecule has 2 amide bonds. The molecular weight excluding hydrogens is 840 g/mol. The van der Waals surface area contributed by atoms with Crippen molar-refractivity contribution >= 4 is 48.0 Å². The van der Waals surface area contributed by atoms with E-state index in [9.17, 15) is 43.5 Å². The molecule has 340 valence electrons. The van der Waals surface area contributed by atoms with E-state index in [0.717, 1.165) is 56.9 Å².